The summed E-state index contributed by atoms with van der Waals surface area (Å²) in [4.78, 5) is 42.0. The molecule has 1 amide bonds. The molecule has 4 aromatic rings. The maximum atomic E-state index is 13.2. The summed E-state index contributed by atoms with van der Waals surface area (Å²) in [6.07, 6.45) is 3.74. The van der Waals surface area contributed by atoms with Crippen LogP contribution in [0, 0.1) is 0 Å². The van der Waals surface area contributed by atoms with Gasteiger partial charge in [0.15, 0.2) is 11.3 Å². The van der Waals surface area contributed by atoms with Crippen molar-refractivity contribution in [3.8, 4) is 5.75 Å². The van der Waals surface area contributed by atoms with E-state index in [1.165, 1.54) is 19.5 Å². The third kappa shape index (κ3) is 4.67. The molecular formula is C23H17Cl2N3O6. The minimum Gasteiger partial charge on any atom is -0.493 e. The molecule has 9 nitrogen and oxygen atoms in total. The van der Waals surface area contributed by atoms with Crippen LogP contribution in [-0.4, -0.2) is 36.8 Å². The molecule has 0 saturated heterocycles. The van der Waals surface area contributed by atoms with Gasteiger partial charge in [0.2, 0.25) is 0 Å². The number of benzene rings is 2. The normalized spacial score (nSPS) is 11.3. The molecule has 0 spiro atoms. The zero-order chi connectivity index (χ0) is 24.2. The number of amides is 1. The van der Waals surface area contributed by atoms with Crippen LogP contribution in [0.5, 0.6) is 5.75 Å². The Hall–Kier alpha value is -3.66. The van der Waals surface area contributed by atoms with Gasteiger partial charge in [0.25, 0.3) is 5.91 Å². The third-order valence-corrected chi connectivity index (χ3v) is 5.27. The fraction of sp³-hybridized carbons (Fsp3) is 0.130. The molecule has 11 heteroatoms. The summed E-state index contributed by atoms with van der Waals surface area (Å²) in [6, 6.07) is 8.22. The van der Waals surface area contributed by atoms with E-state index < -0.39 is 11.9 Å². The van der Waals surface area contributed by atoms with Crippen molar-refractivity contribution in [3.05, 3.63) is 58.3 Å². The Morgan fingerprint density at radius 2 is 1.94 bits per heavy atom. The Bertz CT molecular complexity index is 1410. The highest BCUT2D eigenvalue weighted by Crippen LogP contribution is 2.39. The van der Waals surface area contributed by atoms with E-state index in [1.807, 2.05) is 0 Å². The van der Waals surface area contributed by atoms with Crippen molar-refractivity contribution in [2.45, 2.75) is 6.92 Å². The summed E-state index contributed by atoms with van der Waals surface area (Å²) in [5.41, 5.74) is 1.81. The van der Waals surface area contributed by atoms with Gasteiger partial charge in [-0.25, -0.2) is 9.79 Å². The lowest BCUT2D eigenvalue weighted by atomic mass is 10.0. The smallest absolute Gasteiger partial charge is 0.383 e. The van der Waals surface area contributed by atoms with Crippen molar-refractivity contribution < 1.29 is 28.5 Å². The second-order valence-electron chi connectivity index (χ2n) is 6.80. The van der Waals surface area contributed by atoms with Gasteiger partial charge in [-0.15, -0.1) is 0 Å². The van der Waals surface area contributed by atoms with Gasteiger partial charge in [-0.3, -0.25) is 14.7 Å². The molecule has 0 unspecified atom stereocenters. The maximum Gasteiger partial charge on any atom is 0.383 e. The molecule has 0 aliphatic carbocycles. The number of aromatic nitrogens is 1. The average Bonchev–Trinajstić information content (AvgIpc) is 3.22. The summed E-state index contributed by atoms with van der Waals surface area (Å²) in [6.45, 7) is 1.90. The molecule has 0 aliphatic heterocycles. The summed E-state index contributed by atoms with van der Waals surface area (Å²) in [7, 11) is 1.50. The first kappa shape index (κ1) is 23.5. The maximum absolute atomic E-state index is 13.2. The highest BCUT2D eigenvalue weighted by Gasteiger charge is 2.21. The number of rotatable bonds is 7. The molecule has 0 saturated carbocycles. The highest BCUT2D eigenvalue weighted by molar-refractivity contribution is 6.40. The average molecular weight is 502 g/mol. The Labute approximate surface area is 203 Å². The Kier molecular flexibility index (Phi) is 6.97. The quantitative estimate of drug-likeness (QED) is 0.195. The van der Waals surface area contributed by atoms with Crippen LogP contribution in [0.3, 0.4) is 0 Å². The second kappa shape index (κ2) is 10.1. The standard InChI is InChI=1S/C23H17Cl2N3O6/c1-3-32-34-19(29)11-27-12-4-6-17-14(8-12)20-13(5-7-18(31-2)22(20)33-17)23(30)28-21-15(24)9-26-10-16(21)25/h4-11H,3H2,1-2H3,(H,26,28,30). The van der Waals surface area contributed by atoms with Gasteiger partial charge in [0, 0.05) is 23.2 Å². The molecular weight excluding hydrogens is 485 g/mol. The first-order chi connectivity index (χ1) is 16.4. The van der Waals surface area contributed by atoms with Crippen molar-refractivity contribution in [1.29, 1.82) is 0 Å². The molecule has 0 atom stereocenters. The van der Waals surface area contributed by atoms with E-state index in [-0.39, 0.29) is 27.9 Å². The van der Waals surface area contributed by atoms with Gasteiger partial charge in [-0.2, -0.15) is 4.89 Å². The highest BCUT2D eigenvalue weighted by atomic mass is 35.5. The summed E-state index contributed by atoms with van der Waals surface area (Å²) in [5.74, 6) is -0.792. The third-order valence-electron chi connectivity index (χ3n) is 4.70. The number of carbonyl (C=O) groups excluding carboxylic acids is 2. The molecule has 2 heterocycles. The van der Waals surface area contributed by atoms with Crippen molar-refractivity contribution in [1.82, 2.24) is 4.98 Å². The lowest BCUT2D eigenvalue weighted by molar-refractivity contribution is -0.261. The second-order valence-corrected chi connectivity index (χ2v) is 7.62. The number of methoxy groups -OCH3 is 1. The number of anilines is 1. The van der Waals surface area contributed by atoms with Gasteiger partial charge in [0.05, 0.1) is 40.7 Å². The van der Waals surface area contributed by atoms with Crippen LogP contribution in [0.15, 0.2) is 52.1 Å². The van der Waals surface area contributed by atoms with Crippen molar-refractivity contribution in [3.63, 3.8) is 0 Å². The van der Waals surface area contributed by atoms with Gasteiger partial charge >= 0.3 is 5.97 Å². The van der Waals surface area contributed by atoms with Gasteiger partial charge in [-0.1, -0.05) is 23.2 Å². The molecule has 0 fully saturated rings. The summed E-state index contributed by atoms with van der Waals surface area (Å²) < 4.78 is 11.4. The van der Waals surface area contributed by atoms with Crippen LogP contribution in [-0.2, 0) is 14.6 Å². The van der Waals surface area contributed by atoms with Crippen LogP contribution < -0.4 is 10.1 Å². The van der Waals surface area contributed by atoms with Crippen LogP contribution in [0.25, 0.3) is 21.9 Å². The van der Waals surface area contributed by atoms with Crippen LogP contribution >= 0.6 is 23.2 Å². The molecule has 174 valence electrons. The first-order valence-corrected chi connectivity index (χ1v) is 10.7. The number of pyridine rings is 1. The fourth-order valence-electron chi connectivity index (χ4n) is 3.25. The van der Waals surface area contributed by atoms with E-state index in [0.717, 1.165) is 6.21 Å². The number of fused-ring (bicyclic) bond motifs is 3. The number of aliphatic imine (C=N–C) groups is 1. The molecule has 0 aliphatic rings. The minimum absolute atomic E-state index is 0.193. The first-order valence-electron chi connectivity index (χ1n) is 9.94. The molecule has 0 radical (unpaired) electrons. The molecule has 0 bridgehead atoms. The predicted molar refractivity (Wildman–Crippen MR) is 128 cm³/mol. The number of nitrogens with one attached hydrogen (secondary N) is 1. The fourth-order valence-corrected chi connectivity index (χ4v) is 3.71. The van der Waals surface area contributed by atoms with E-state index in [4.69, 9.17) is 32.4 Å². The molecule has 2 aromatic heterocycles. The minimum atomic E-state index is -0.758. The van der Waals surface area contributed by atoms with E-state index in [2.05, 4.69) is 25.1 Å². The van der Waals surface area contributed by atoms with E-state index in [0.29, 0.717) is 33.4 Å². The van der Waals surface area contributed by atoms with Gasteiger partial charge < -0.3 is 14.5 Å². The topological polar surface area (TPSA) is 112 Å². The van der Waals surface area contributed by atoms with E-state index in [9.17, 15) is 9.59 Å². The number of ether oxygens (including phenoxy) is 1. The van der Waals surface area contributed by atoms with Crippen LogP contribution in [0.1, 0.15) is 17.3 Å². The van der Waals surface area contributed by atoms with Crippen LogP contribution in [0.4, 0.5) is 11.4 Å². The van der Waals surface area contributed by atoms with Gasteiger partial charge in [-0.05, 0) is 37.3 Å². The van der Waals surface area contributed by atoms with Crippen LogP contribution in [0.2, 0.25) is 10.0 Å². The Morgan fingerprint density at radius 1 is 1.18 bits per heavy atom. The molecule has 4 rings (SSSR count). The predicted octanol–water partition coefficient (Wildman–Crippen LogP) is 5.75. The van der Waals surface area contributed by atoms with E-state index >= 15 is 0 Å². The number of carbonyl (C=O) groups is 2. The zero-order valence-electron chi connectivity index (χ0n) is 17.9. The summed E-state index contributed by atoms with van der Waals surface area (Å²) >= 11 is 12.3. The Balaban J connectivity index is 1.80. The van der Waals surface area contributed by atoms with Crippen molar-refractivity contribution >= 4 is 74.6 Å². The zero-order valence-corrected chi connectivity index (χ0v) is 19.4. The lowest BCUT2D eigenvalue weighted by Crippen LogP contribution is -2.13. The van der Waals surface area contributed by atoms with E-state index in [1.54, 1.807) is 37.3 Å². The van der Waals surface area contributed by atoms with Crippen molar-refractivity contribution in [2.75, 3.05) is 19.0 Å². The van der Waals surface area contributed by atoms with Gasteiger partial charge in [0.1, 0.15) is 11.8 Å². The number of hydrogen-bond acceptors (Lipinski definition) is 8. The number of furan rings is 1. The lowest BCUT2D eigenvalue weighted by Gasteiger charge is -2.10. The largest absolute Gasteiger partial charge is 0.493 e. The SMILES string of the molecule is CCOOC(=O)C=Nc1ccc2oc3c(OC)ccc(C(=O)Nc4c(Cl)cncc4Cl)c3c2c1. The number of hydrogen-bond donors (Lipinski definition) is 1. The van der Waals surface area contributed by atoms with Crippen molar-refractivity contribution in [2.24, 2.45) is 4.99 Å². The monoisotopic (exact) mass is 501 g/mol. The number of nitrogens with zero attached hydrogens (tertiary/aromatic N) is 2. The molecule has 2 aromatic carbocycles. The molecule has 1 N–H and O–H groups in total. The molecule has 34 heavy (non-hydrogen) atoms. The summed E-state index contributed by atoms with van der Waals surface area (Å²) in [5, 5.41) is 4.18. The number of halogens is 2. The Morgan fingerprint density at radius 3 is 2.65 bits per heavy atom.